The quantitative estimate of drug-likeness (QED) is 0.455. The molecular formula is C22H20ClN3O2S. The molecule has 0 saturated carbocycles. The maximum absolute atomic E-state index is 13.0. The Morgan fingerprint density at radius 2 is 1.52 bits per heavy atom. The number of carbonyl (C=O) groups excluding carboxylic acids is 2. The molecule has 148 valence electrons. The van der Waals surface area contributed by atoms with Crippen molar-refractivity contribution in [3.8, 4) is 0 Å². The molecule has 1 N–H and O–H groups in total. The van der Waals surface area contributed by atoms with Crippen molar-refractivity contribution in [2.24, 2.45) is 0 Å². The predicted molar refractivity (Wildman–Crippen MR) is 120 cm³/mol. The van der Waals surface area contributed by atoms with E-state index in [2.05, 4.69) is 10.2 Å². The lowest BCUT2D eigenvalue weighted by atomic mass is 10.1. The van der Waals surface area contributed by atoms with Crippen LogP contribution in [0.5, 0.6) is 0 Å². The van der Waals surface area contributed by atoms with Crippen LogP contribution in [0.2, 0.25) is 5.02 Å². The van der Waals surface area contributed by atoms with Crippen LogP contribution >= 0.6 is 23.8 Å². The van der Waals surface area contributed by atoms with Crippen molar-refractivity contribution in [1.82, 2.24) is 5.32 Å². The predicted octanol–water partition coefficient (Wildman–Crippen LogP) is 4.16. The number of carbonyl (C=O) groups is 2. The third kappa shape index (κ3) is 4.18. The molecule has 0 spiro atoms. The average Bonchev–Trinajstić information content (AvgIpc) is 2.73. The lowest BCUT2D eigenvalue weighted by molar-refractivity contribution is -0.122. The number of hydrogen-bond donors (Lipinski definition) is 1. The van der Waals surface area contributed by atoms with E-state index in [9.17, 15) is 9.59 Å². The molecule has 2 fully saturated rings. The van der Waals surface area contributed by atoms with E-state index >= 15 is 0 Å². The van der Waals surface area contributed by atoms with Crippen LogP contribution in [-0.2, 0) is 9.59 Å². The molecule has 2 aliphatic heterocycles. The minimum absolute atomic E-state index is 0.0410. The van der Waals surface area contributed by atoms with Crippen molar-refractivity contribution in [1.29, 1.82) is 0 Å². The van der Waals surface area contributed by atoms with E-state index in [1.165, 1.54) is 24.2 Å². The van der Waals surface area contributed by atoms with Crippen LogP contribution in [0.25, 0.3) is 6.08 Å². The second-order valence-electron chi connectivity index (χ2n) is 7.07. The maximum atomic E-state index is 13.0. The van der Waals surface area contributed by atoms with Crippen LogP contribution in [-0.4, -0.2) is 30.0 Å². The number of piperidine rings is 1. The summed E-state index contributed by atoms with van der Waals surface area (Å²) in [5.41, 5.74) is 2.54. The maximum Gasteiger partial charge on any atom is 0.270 e. The Morgan fingerprint density at radius 1 is 0.897 bits per heavy atom. The molecule has 2 aliphatic rings. The van der Waals surface area contributed by atoms with Gasteiger partial charge >= 0.3 is 0 Å². The lowest BCUT2D eigenvalue weighted by Crippen LogP contribution is -2.54. The Hall–Kier alpha value is -2.70. The molecule has 0 aromatic heterocycles. The molecule has 0 unspecified atom stereocenters. The smallest absolute Gasteiger partial charge is 0.270 e. The standard InChI is InChI=1S/C22H20ClN3O2S/c23-16-6-10-18(11-7-16)26-21(28)19(20(27)24-22(26)29)14-15-4-8-17(9-5-15)25-12-2-1-3-13-25/h4-11,14H,1-3,12-13H2,(H,24,27,29)/b19-14+. The van der Waals surface area contributed by atoms with Gasteiger partial charge in [-0.15, -0.1) is 0 Å². The normalized spacial score (nSPS) is 18.9. The number of thiocarbonyl (C=S) groups is 1. The number of rotatable bonds is 3. The SMILES string of the molecule is O=C1NC(=S)N(c2ccc(Cl)cc2)C(=O)/C1=C/c1ccc(N2CCCCC2)cc1. The Morgan fingerprint density at radius 3 is 2.17 bits per heavy atom. The number of hydrogen-bond acceptors (Lipinski definition) is 4. The second-order valence-corrected chi connectivity index (χ2v) is 7.90. The Labute approximate surface area is 179 Å². The zero-order valence-electron chi connectivity index (χ0n) is 15.7. The number of amides is 2. The first-order chi connectivity index (χ1) is 14.0. The molecule has 29 heavy (non-hydrogen) atoms. The van der Waals surface area contributed by atoms with Gasteiger partial charge in [-0.1, -0.05) is 23.7 Å². The summed E-state index contributed by atoms with van der Waals surface area (Å²) in [5, 5.41) is 3.20. The Kier molecular flexibility index (Phi) is 5.65. The molecule has 0 atom stereocenters. The fourth-order valence-corrected chi connectivity index (χ4v) is 3.99. The first kappa shape index (κ1) is 19.6. The van der Waals surface area contributed by atoms with Crippen molar-refractivity contribution < 1.29 is 9.59 Å². The number of nitrogens with zero attached hydrogens (tertiary/aromatic N) is 2. The fourth-order valence-electron chi connectivity index (χ4n) is 3.58. The summed E-state index contributed by atoms with van der Waals surface area (Å²) < 4.78 is 0. The summed E-state index contributed by atoms with van der Waals surface area (Å²) in [4.78, 5) is 29.1. The van der Waals surface area contributed by atoms with Crippen LogP contribution in [0.3, 0.4) is 0 Å². The van der Waals surface area contributed by atoms with Gasteiger partial charge < -0.3 is 4.90 Å². The minimum Gasteiger partial charge on any atom is -0.372 e. The summed E-state index contributed by atoms with van der Waals surface area (Å²) in [6, 6.07) is 14.6. The third-order valence-corrected chi connectivity index (χ3v) is 5.65. The van der Waals surface area contributed by atoms with Crippen molar-refractivity contribution in [2.45, 2.75) is 19.3 Å². The fraction of sp³-hybridized carbons (Fsp3) is 0.227. The van der Waals surface area contributed by atoms with Crippen LogP contribution in [0.1, 0.15) is 24.8 Å². The highest BCUT2D eigenvalue weighted by atomic mass is 35.5. The summed E-state index contributed by atoms with van der Waals surface area (Å²) in [6.07, 6.45) is 5.30. The molecule has 0 bridgehead atoms. The van der Waals surface area contributed by atoms with Gasteiger partial charge in [-0.25, -0.2) is 0 Å². The summed E-state index contributed by atoms with van der Waals surface area (Å²) in [5.74, 6) is -0.952. The number of benzene rings is 2. The first-order valence-corrected chi connectivity index (χ1v) is 10.3. The average molecular weight is 426 g/mol. The Bertz CT molecular complexity index is 980. The molecule has 2 aromatic rings. The molecule has 2 saturated heterocycles. The number of anilines is 2. The van der Waals surface area contributed by atoms with Crippen LogP contribution < -0.4 is 15.1 Å². The largest absolute Gasteiger partial charge is 0.372 e. The molecule has 2 aromatic carbocycles. The van der Waals surface area contributed by atoms with Gasteiger partial charge in [0, 0.05) is 23.8 Å². The number of nitrogens with one attached hydrogen (secondary N) is 1. The molecule has 4 rings (SSSR count). The highest BCUT2D eigenvalue weighted by Crippen LogP contribution is 2.25. The molecule has 0 radical (unpaired) electrons. The van der Waals surface area contributed by atoms with E-state index < -0.39 is 11.8 Å². The van der Waals surface area contributed by atoms with E-state index in [4.69, 9.17) is 23.8 Å². The van der Waals surface area contributed by atoms with Crippen molar-refractivity contribution in [3.63, 3.8) is 0 Å². The van der Waals surface area contributed by atoms with E-state index in [0.717, 1.165) is 24.3 Å². The van der Waals surface area contributed by atoms with E-state index in [0.29, 0.717) is 10.7 Å². The van der Waals surface area contributed by atoms with Crippen LogP contribution in [0.4, 0.5) is 11.4 Å². The van der Waals surface area contributed by atoms with E-state index in [1.54, 1.807) is 30.3 Å². The number of halogens is 1. The Balaban J connectivity index is 1.59. The zero-order chi connectivity index (χ0) is 20.4. The van der Waals surface area contributed by atoms with Crippen LogP contribution in [0, 0.1) is 0 Å². The first-order valence-electron chi connectivity index (χ1n) is 9.55. The van der Waals surface area contributed by atoms with Gasteiger partial charge in [-0.05, 0) is 79.5 Å². The second kappa shape index (κ2) is 8.35. The van der Waals surface area contributed by atoms with E-state index in [-0.39, 0.29) is 10.7 Å². The molecule has 2 amide bonds. The third-order valence-electron chi connectivity index (χ3n) is 5.11. The van der Waals surface area contributed by atoms with Gasteiger partial charge in [-0.3, -0.25) is 19.8 Å². The van der Waals surface area contributed by atoms with Crippen molar-refractivity contribution >= 4 is 58.2 Å². The zero-order valence-corrected chi connectivity index (χ0v) is 17.3. The summed E-state index contributed by atoms with van der Waals surface area (Å²) in [6.45, 7) is 2.13. The summed E-state index contributed by atoms with van der Waals surface area (Å²) in [7, 11) is 0. The van der Waals surface area contributed by atoms with Gasteiger partial charge in [0.15, 0.2) is 5.11 Å². The van der Waals surface area contributed by atoms with E-state index in [1.807, 2.05) is 24.3 Å². The minimum atomic E-state index is -0.495. The topological polar surface area (TPSA) is 52.7 Å². The lowest BCUT2D eigenvalue weighted by Gasteiger charge is -2.29. The van der Waals surface area contributed by atoms with Gasteiger partial charge in [0.05, 0.1) is 5.69 Å². The van der Waals surface area contributed by atoms with Crippen LogP contribution in [0.15, 0.2) is 54.1 Å². The van der Waals surface area contributed by atoms with Gasteiger partial charge in [0.25, 0.3) is 11.8 Å². The highest BCUT2D eigenvalue weighted by molar-refractivity contribution is 7.80. The van der Waals surface area contributed by atoms with Gasteiger partial charge in [0.1, 0.15) is 5.57 Å². The van der Waals surface area contributed by atoms with Crippen molar-refractivity contribution in [3.05, 3.63) is 64.7 Å². The van der Waals surface area contributed by atoms with Gasteiger partial charge in [0.2, 0.25) is 0 Å². The molecular weight excluding hydrogens is 406 g/mol. The summed E-state index contributed by atoms with van der Waals surface area (Å²) >= 11 is 11.1. The highest BCUT2D eigenvalue weighted by Gasteiger charge is 2.34. The molecule has 2 heterocycles. The van der Waals surface area contributed by atoms with Crippen molar-refractivity contribution in [2.75, 3.05) is 22.9 Å². The molecule has 5 nitrogen and oxygen atoms in total. The molecule has 0 aliphatic carbocycles. The van der Waals surface area contributed by atoms with Gasteiger partial charge in [-0.2, -0.15) is 0 Å². The monoisotopic (exact) mass is 425 g/mol. The molecule has 7 heteroatoms.